The molecule has 0 aromatic heterocycles. The largest absolute Gasteiger partial charge is 0.457 e. The van der Waals surface area contributed by atoms with Crippen LogP contribution < -0.4 is 0 Å². The molecule has 0 radical (unpaired) electrons. The molecule has 0 spiro atoms. The van der Waals surface area contributed by atoms with Gasteiger partial charge in [0.2, 0.25) is 5.78 Å². The number of ketones is 1. The minimum Gasteiger partial charge on any atom is -0.457 e. The van der Waals surface area contributed by atoms with E-state index in [0.29, 0.717) is 5.02 Å². The summed E-state index contributed by atoms with van der Waals surface area (Å²) >= 11 is 11.8. The van der Waals surface area contributed by atoms with Crippen LogP contribution in [0.3, 0.4) is 0 Å². The lowest BCUT2D eigenvalue weighted by Crippen LogP contribution is -2.16. The van der Waals surface area contributed by atoms with Crippen LogP contribution in [0.5, 0.6) is 0 Å². The summed E-state index contributed by atoms with van der Waals surface area (Å²) in [6.07, 6.45) is 0.0952. The first kappa shape index (κ1) is 17.5. The third kappa shape index (κ3) is 4.19. The Kier molecular flexibility index (Phi) is 5.37. The number of hydrogen-bond donors (Lipinski definition) is 0. The Morgan fingerprint density at radius 1 is 0.920 bits per heavy atom. The molecule has 0 heterocycles. The Hall–Kier alpha value is -2.36. The number of carbonyl (C=O) groups excluding carboxylic acids is 2. The smallest absolute Gasteiger partial charge is 0.310 e. The summed E-state index contributed by atoms with van der Waals surface area (Å²) in [7, 11) is 0. The van der Waals surface area contributed by atoms with Crippen molar-refractivity contribution in [2.45, 2.75) is 6.42 Å². The Morgan fingerprint density at radius 3 is 2.52 bits per heavy atom. The van der Waals surface area contributed by atoms with Crippen LogP contribution in [0.2, 0.25) is 10.0 Å². The molecule has 0 N–H and O–H groups in total. The average Bonchev–Trinajstić information content (AvgIpc) is 2.62. The summed E-state index contributed by atoms with van der Waals surface area (Å²) in [6.45, 7) is -0.371. The third-order valence-electron chi connectivity index (χ3n) is 3.81. The maximum absolute atomic E-state index is 12.2. The monoisotopic (exact) mass is 372 g/mol. The first-order valence-electron chi connectivity index (χ1n) is 7.65. The molecule has 3 nitrogen and oxygen atoms in total. The summed E-state index contributed by atoms with van der Waals surface area (Å²) in [5.74, 6) is -0.860. The van der Waals surface area contributed by atoms with Crippen LogP contribution in [0, 0.1) is 0 Å². The molecule has 0 aliphatic heterocycles. The fourth-order valence-electron chi connectivity index (χ4n) is 2.59. The molecule has 0 fully saturated rings. The summed E-state index contributed by atoms with van der Waals surface area (Å²) < 4.78 is 5.12. The van der Waals surface area contributed by atoms with Crippen molar-refractivity contribution < 1.29 is 14.3 Å². The van der Waals surface area contributed by atoms with E-state index in [0.717, 1.165) is 16.3 Å². The molecule has 0 atom stereocenters. The van der Waals surface area contributed by atoms with E-state index >= 15 is 0 Å². The van der Waals surface area contributed by atoms with Gasteiger partial charge in [-0.3, -0.25) is 9.59 Å². The van der Waals surface area contributed by atoms with E-state index in [1.54, 1.807) is 6.07 Å². The van der Waals surface area contributed by atoms with Gasteiger partial charge in [0.1, 0.15) is 0 Å². The predicted molar refractivity (Wildman–Crippen MR) is 99.4 cm³/mol. The second-order valence-corrected chi connectivity index (χ2v) is 6.37. The van der Waals surface area contributed by atoms with E-state index in [1.807, 2.05) is 42.5 Å². The fourth-order valence-corrected chi connectivity index (χ4v) is 2.98. The zero-order chi connectivity index (χ0) is 17.8. The van der Waals surface area contributed by atoms with Crippen LogP contribution in [0.1, 0.15) is 15.9 Å². The molecule has 0 saturated carbocycles. The summed E-state index contributed by atoms with van der Waals surface area (Å²) in [6, 6.07) is 18.1. The van der Waals surface area contributed by atoms with Gasteiger partial charge in [0.05, 0.1) is 11.4 Å². The molecule has 0 aliphatic carbocycles. The van der Waals surface area contributed by atoms with Gasteiger partial charge < -0.3 is 4.74 Å². The predicted octanol–water partition coefficient (Wildman–Crippen LogP) is 5.12. The number of ether oxygens (including phenoxy) is 1. The van der Waals surface area contributed by atoms with E-state index in [9.17, 15) is 9.59 Å². The molecule has 0 saturated heterocycles. The molecule has 5 heteroatoms. The van der Waals surface area contributed by atoms with Gasteiger partial charge >= 0.3 is 5.97 Å². The minimum atomic E-state index is -0.470. The normalized spacial score (nSPS) is 10.6. The van der Waals surface area contributed by atoms with E-state index in [-0.39, 0.29) is 23.6 Å². The Morgan fingerprint density at radius 2 is 1.68 bits per heavy atom. The number of hydrogen-bond acceptors (Lipinski definition) is 3. The quantitative estimate of drug-likeness (QED) is 0.461. The molecule has 0 aliphatic rings. The third-order valence-corrected chi connectivity index (χ3v) is 4.37. The van der Waals surface area contributed by atoms with Gasteiger partial charge in [0, 0.05) is 10.6 Å². The number of fused-ring (bicyclic) bond motifs is 1. The summed E-state index contributed by atoms with van der Waals surface area (Å²) in [5, 5.41) is 2.72. The van der Waals surface area contributed by atoms with Gasteiger partial charge in [-0.2, -0.15) is 0 Å². The zero-order valence-electron chi connectivity index (χ0n) is 13.2. The Labute approximate surface area is 155 Å². The van der Waals surface area contributed by atoms with Gasteiger partial charge in [-0.15, -0.1) is 0 Å². The molecule has 0 unspecified atom stereocenters. The summed E-state index contributed by atoms with van der Waals surface area (Å²) in [4.78, 5) is 24.3. The fraction of sp³-hybridized carbons (Fsp3) is 0.100. The van der Waals surface area contributed by atoms with E-state index in [2.05, 4.69) is 0 Å². The van der Waals surface area contributed by atoms with Crippen molar-refractivity contribution in [2.75, 3.05) is 6.61 Å². The lowest BCUT2D eigenvalue weighted by Gasteiger charge is -2.08. The van der Waals surface area contributed by atoms with Crippen molar-refractivity contribution in [3.63, 3.8) is 0 Å². The maximum Gasteiger partial charge on any atom is 0.310 e. The average molecular weight is 373 g/mol. The van der Waals surface area contributed by atoms with E-state index in [1.165, 1.54) is 12.1 Å². The number of rotatable bonds is 5. The molecule has 126 valence electrons. The van der Waals surface area contributed by atoms with Gasteiger partial charge in [0.25, 0.3) is 0 Å². The molecule has 25 heavy (non-hydrogen) atoms. The SMILES string of the molecule is O=C(Cc1cccc2ccccc12)OCC(=O)c1cc(Cl)ccc1Cl. The van der Waals surface area contributed by atoms with Gasteiger partial charge in [-0.1, -0.05) is 65.7 Å². The molecule has 0 bridgehead atoms. The van der Waals surface area contributed by atoms with Crippen LogP contribution in [0.4, 0.5) is 0 Å². The van der Waals surface area contributed by atoms with Gasteiger partial charge in [-0.05, 0) is 34.5 Å². The molecular weight excluding hydrogens is 359 g/mol. The minimum absolute atomic E-state index is 0.0952. The topological polar surface area (TPSA) is 43.4 Å². The number of Topliss-reactive ketones (excluding diaryl/α,β-unsaturated/α-hetero) is 1. The van der Waals surface area contributed by atoms with Crippen molar-refractivity contribution >= 4 is 45.7 Å². The number of halogens is 2. The van der Waals surface area contributed by atoms with Crippen LogP contribution in [0.15, 0.2) is 60.7 Å². The highest BCUT2D eigenvalue weighted by Crippen LogP contribution is 2.22. The van der Waals surface area contributed by atoms with Crippen LogP contribution >= 0.6 is 23.2 Å². The van der Waals surface area contributed by atoms with Crippen molar-refractivity contribution in [2.24, 2.45) is 0 Å². The highest BCUT2D eigenvalue weighted by molar-refractivity contribution is 6.36. The lowest BCUT2D eigenvalue weighted by molar-refractivity contribution is -0.141. The molecule has 3 rings (SSSR count). The maximum atomic E-state index is 12.2. The standard InChI is InChI=1S/C20H14Cl2O3/c21-15-8-9-18(22)17(11-15)19(23)12-25-20(24)10-14-6-3-5-13-4-1-2-7-16(13)14/h1-9,11H,10,12H2. The first-order valence-corrected chi connectivity index (χ1v) is 8.41. The second-order valence-electron chi connectivity index (χ2n) is 5.52. The van der Waals surface area contributed by atoms with Gasteiger partial charge in [0.15, 0.2) is 6.61 Å². The highest BCUT2D eigenvalue weighted by atomic mass is 35.5. The van der Waals surface area contributed by atoms with Crippen LogP contribution in [-0.2, 0) is 16.0 Å². The van der Waals surface area contributed by atoms with Gasteiger partial charge in [-0.25, -0.2) is 0 Å². The summed E-state index contributed by atoms with van der Waals surface area (Å²) in [5.41, 5.74) is 1.10. The molecular formula is C20H14Cl2O3. The van der Waals surface area contributed by atoms with Crippen LogP contribution in [-0.4, -0.2) is 18.4 Å². The lowest BCUT2D eigenvalue weighted by atomic mass is 10.0. The van der Waals surface area contributed by atoms with Crippen molar-refractivity contribution in [1.82, 2.24) is 0 Å². The molecule has 3 aromatic rings. The first-order chi connectivity index (χ1) is 12.0. The molecule has 3 aromatic carbocycles. The highest BCUT2D eigenvalue weighted by Gasteiger charge is 2.15. The Bertz CT molecular complexity index is 945. The van der Waals surface area contributed by atoms with Crippen molar-refractivity contribution in [3.05, 3.63) is 81.8 Å². The van der Waals surface area contributed by atoms with Crippen molar-refractivity contribution in [1.29, 1.82) is 0 Å². The van der Waals surface area contributed by atoms with E-state index in [4.69, 9.17) is 27.9 Å². The second kappa shape index (κ2) is 7.68. The zero-order valence-corrected chi connectivity index (χ0v) is 14.7. The number of carbonyl (C=O) groups is 2. The van der Waals surface area contributed by atoms with Crippen LogP contribution in [0.25, 0.3) is 10.8 Å². The molecule has 0 amide bonds. The number of benzene rings is 3. The van der Waals surface area contributed by atoms with E-state index < -0.39 is 11.8 Å². The number of esters is 1. The Balaban J connectivity index is 1.66. The van der Waals surface area contributed by atoms with Crippen molar-refractivity contribution in [3.8, 4) is 0 Å².